The molecule has 5 rings (SSSR count). The van der Waals surface area contributed by atoms with Gasteiger partial charge in [-0.3, -0.25) is 14.4 Å². The molecule has 1 aliphatic rings. The van der Waals surface area contributed by atoms with E-state index in [2.05, 4.69) is 45.0 Å². The topological polar surface area (TPSA) is 94.6 Å². The maximum absolute atomic E-state index is 13.0. The predicted octanol–water partition coefficient (Wildman–Crippen LogP) is 5.29. The molecule has 8 nitrogen and oxygen atoms in total. The molecule has 0 bridgehead atoms. The smallest absolute Gasteiger partial charge is 0.261 e. The van der Waals surface area contributed by atoms with Crippen molar-refractivity contribution >= 4 is 72.3 Å². The lowest BCUT2D eigenvalue weighted by atomic mass is 10.1. The van der Waals surface area contributed by atoms with Crippen molar-refractivity contribution in [3.63, 3.8) is 0 Å². The molecule has 1 aromatic heterocycles. The summed E-state index contributed by atoms with van der Waals surface area (Å²) >= 11 is 7.62. The van der Waals surface area contributed by atoms with Gasteiger partial charge in [0.1, 0.15) is 0 Å². The number of aryl methyl sites for hydroxylation is 1. The number of aromatic nitrogens is 1. The fourth-order valence-corrected chi connectivity index (χ4v) is 6.86. The lowest BCUT2D eigenvalue weighted by Gasteiger charge is -2.34. The van der Waals surface area contributed by atoms with E-state index in [1.807, 2.05) is 0 Å². The zero-order chi connectivity index (χ0) is 27.4. The molecule has 3 aromatic carbocycles. The van der Waals surface area contributed by atoms with E-state index >= 15 is 0 Å². The van der Waals surface area contributed by atoms with Gasteiger partial charge in [-0.05, 0) is 54.4 Å². The Bertz CT molecular complexity index is 1570. The van der Waals surface area contributed by atoms with Crippen LogP contribution >= 0.6 is 35.3 Å². The second-order valence-corrected chi connectivity index (χ2v) is 12.4. The summed E-state index contributed by atoms with van der Waals surface area (Å²) < 4.78 is 29.4. The molecule has 0 aliphatic carbocycles. The monoisotopic (exact) mass is 619 g/mol. The Morgan fingerprint density at radius 1 is 1.00 bits per heavy atom. The van der Waals surface area contributed by atoms with Crippen LogP contribution in [-0.4, -0.2) is 63.5 Å². The summed E-state index contributed by atoms with van der Waals surface area (Å²) in [6.45, 7) is 6.84. The second-order valence-electron chi connectivity index (χ2n) is 9.30. The molecule has 0 saturated carbocycles. The van der Waals surface area contributed by atoms with E-state index in [-0.39, 0.29) is 34.5 Å². The van der Waals surface area contributed by atoms with Gasteiger partial charge < -0.3 is 10.2 Å². The number of carbonyl (C=O) groups excluding carboxylic acids is 1. The lowest BCUT2D eigenvalue weighted by Crippen LogP contribution is -2.48. The van der Waals surface area contributed by atoms with E-state index in [4.69, 9.17) is 16.6 Å². The minimum Gasteiger partial charge on any atom is -0.351 e. The summed E-state index contributed by atoms with van der Waals surface area (Å²) in [6, 6.07) is 18.8. The van der Waals surface area contributed by atoms with Gasteiger partial charge in [-0.1, -0.05) is 54.1 Å². The fourth-order valence-electron chi connectivity index (χ4n) is 4.59. The van der Waals surface area contributed by atoms with Gasteiger partial charge in [0.05, 0.1) is 26.4 Å². The van der Waals surface area contributed by atoms with E-state index in [1.54, 1.807) is 35.6 Å². The molecule has 1 saturated heterocycles. The van der Waals surface area contributed by atoms with Gasteiger partial charge in [-0.15, -0.1) is 12.4 Å². The third-order valence-corrected chi connectivity index (χ3v) is 9.48. The third-order valence-electron chi connectivity index (χ3n) is 6.77. The summed E-state index contributed by atoms with van der Waals surface area (Å²) in [7, 11) is -3.87. The zero-order valence-corrected chi connectivity index (χ0v) is 25.2. The molecule has 212 valence electrons. The number of halogens is 2. The molecule has 12 heteroatoms. The Kier molecular flexibility index (Phi) is 9.91. The highest BCUT2D eigenvalue weighted by Gasteiger charge is 2.21. The molecule has 40 heavy (non-hydrogen) atoms. The van der Waals surface area contributed by atoms with Gasteiger partial charge in [-0.25, -0.2) is 13.4 Å². The maximum atomic E-state index is 13.0. The highest BCUT2D eigenvalue weighted by atomic mass is 35.5. The molecule has 1 aliphatic heterocycles. The predicted molar refractivity (Wildman–Crippen MR) is 166 cm³/mol. The number of para-hydroxylation sites is 2. The summed E-state index contributed by atoms with van der Waals surface area (Å²) in [4.78, 5) is 22.6. The Morgan fingerprint density at radius 3 is 2.45 bits per heavy atom. The number of sulfonamides is 1. The minimum absolute atomic E-state index is 0. The maximum Gasteiger partial charge on any atom is 0.261 e. The van der Waals surface area contributed by atoms with Crippen molar-refractivity contribution in [2.24, 2.45) is 0 Å². The van der Waals surface area contributed by atoms with Crippen LogP contribution in [-0.2, 0) is 16.4 Å². The zero-order valence-electron chi connectivity index (χ0n) is 22.0. The van der Waals surface area contributed by atoms with Crippen molar-refractivity contribution in [1.29, 1.82) is 0 Å². The number of piperazine rings is 1. The van der Waals surface area contributed by atoms with E-state index in [1.165, 1.54) is 34.5 Å². The van der Waals surface area contributed by atoms with Crippen molar-refractivity contribution in [2.45, 2.75) is 18.2 Å². The number of hydrogen-bond donors (Lipinski definition) is 2. The van der Waals surface area contributed by atoms with Crippen LogP contribution in [0.3, 0.4) is 0 Å². The number of rotatable bonds is 9. The Hall–Kier alpha value is -2.89. The van der Waals surface area contributed by atoms with Crippen LogP contribution in [0.25, 0.3) is 10.2 Å². The Morgan fingerprint density at radius 2 is 1.73 bits per heavy atom. The summed E-state index contributed by atoms with van der Waals surface area (Å²) in [5.41, 5.74) is 2.88. The first-order valence-corrected chi connectivity index (χ1v) is 15.5. The van der Waals surface area contributed by atoms with Crippen molar-refractivity contribution in [1.82, 2.24) is 15.2 Å². The van der Waals surface area contributed by atoms with Crippen LogP contribution in [0.1, 0.15) is 22.8 Å². The highest BCUT2D eigenvalue weighted by molar-refractivity contribution is 7.92. The van der Waals surface area contributed by atoms with Gasteiger partial charge in [0.2, 0.25) is 0 Å². The largest absolute Gasteiger partial charge is 0.351 e. The summed E-state index contributed by atoms with van der Waals surface area (Å²) in [5.74, 6) is -0.329. The molecule has 0 radical (unpaired) electrons. The highest BCUT2D eigenvalue weighted by Crippen LogP contribution is 2.31. The van der Waals surface area contributed by atoms with Gasteiger partial charge >= 0.3 is 0 Å². The van der Waals surface area contributed by atoms with Crippen molar-refractivity contribution < 1.29 is 13.2 Å². The van der Waals surface area contributed by atoms with Crippen LogP contribution in [0.2, 0.25) is 5.02 Å². The standard InChI is InChI=1S/C28H30ClN5O3S2.ClH/c1-2-20-6-5-9-25-26(20)31-28(38-25)34-18-16-33(17-19-34)15-14-30-27(35)23-7-3-4-8-24(23)32-39(36,37)22-12-10-21(29)11-13-22;/h3-13,32H,2,14-19H2,1H3,(H,30,35);1H. The summed E-state index contributed by atoms with van der Waals surface area (Å²) in [6.07, 6.45) is 0.971. The number of carbonyl (C=O) groups is 1. The van der Waals surface area contributed by atoms with E-state index in [0.29, 0.717) is 18.1 Å². The van der Waals surface area contributed by atoms with E-state index in [0.717, 1.165) is 43.2 Å². The first-order chi connectivity index (χ1) is 18.8. The number of nitrogens with zero attached hydrogens (tertiary/aromatic N) is 3. The molecular weight excluding hydrogens is 589 g/mol. The Balaban J connectivity index is 0.00000370. The number of amides is 1. The number of thiazole rings is 1. The first kappa shape index (κ1) is 30.1. The molecule has 2 heterocycles. The average molecular weight is 621 g/mol. The van der Waals surface area contributed by atoms with Crippen LogP contribution in [0, 0.1) is 0 Å². The average Bonchev–Trinajstić information content (AvgIpc) is 3.38. The molecule has 2 N–H and O–H groups in total. The molecule has 1 fully saturated rings. The van der Waals surface area contributed by atoms with E-state index in [9.17, 15) is 13.2 Å². The summed E-state index contributed by atoms with van der Waals surface area (Å²) in [5, 5.41) is 4.44. The van der Waals surface area contributed by atoms with Gasteiger partial charge in [0.15, 0.2) is 5.13 Å². The number of benzene rings is 3. The molecule has 1 amide bonds. The SMILES string of the molecule is CCc1cccc2sc(N3CCN(CCNC(=O)c4ccccc4NS(=O)(=O)c4ccc(Cl)cc4)CC3)nc12.Cl. The Labute approximate surface area is 249 Å². The number of nitrogens with one attached hydrogen (secondary N) is 2. The van der Waals surface area contributed by atoms with Gasteiger partial charge in [0.25, 0.3) is 15.9 Å². The van der Waals surface area contributed by atoms with Gasteiger partial charge in [-0.2, -0.15) is 0 Å². The normalized spacial score (nSPS) is 14.1. The van der Waals surface area contributed by atoms with Crippen molar-refractivity contribution in [3.05, 3.63) is 82.9 Å². The number of fused-ring (bicyclic) bond motifs is 1. The first-order valence-electron chi connectivity index (χ1n) is 12.9. The van der Waals surface area contributed by atoms with Crippen LogP contribution in [0.15, 0.2) is 71.6 Å². The quantitative estimate of drug-likeness (QED) is 0.264. The molecule has 0 atom stereocenters. The molecule has 0 unspecified atom stereocenters. The molecule has 4 aromatic rings. The lowest BCUT2D eigenvalue weighted by molar-refractivity contribution is 0.0948. The minimum atomic E-state index is -3.87. The molecule has 0 spiro atoms. The third kappa shape index (κ3) is 6.87. The van der Waals surface area contributed by atoms with Crippen molar-refractivity contribution in [2.75, 3.05) is 48.9 Å². The molecular formula is C28H31Cl2N5O3S2. The van der Waals surface area contributed by atoms with Crippen LogP contribution in [0.5, 0.6) is 0 Å². The van der Waals surface area contributed by atoms with Crippen LogP contribution < -0.4 is 14.9 Å². The number of hydrogen-bond acceptors (Lipinski definition) is 7. The van der Waals surface area contributed by atoms with Crippen LogP contribution in [0.4, 0.5) is 10.8 Å². The van der Waals surface area contributed by atoms with Crippen molar-refractivity contribution in [3.8, 4) is 0 Å². The number of anilines is 2. The van der Waals surface area contributed by atoms with Gasteiger partial charge in [0, 0.05) is 44.3 Å². The fraction of sp³-hybridized carbons (Fsp3) is 0.286. The van der Waals surface area contributed by atoms with E-state index < -0.39 is 10.0 Å². The second kappa shape index (κ2) is 13.2.